The molecule has 4 heterocycles. The van der Waals surface area contributed by atoms with Gasteiger partial charge in [0.25, 0.3) is 5.91 Å². The molecule has 2 aliphatic heterocycles. The molecule has 2 aromatic heterocycles. The number of piperidine rings is 2. The number of aromatic nitrogens is 5. The molecule has 2 saturated heterocycles. The first-order chi connectivity index (χ1) is 16.2. The van der Waals surface area contributed by atoms with E-state index < -0.39 is 11.9 Å². The van der Waals surface area contributed by atoms with E-state index in [1.807, 2.05) is 4.90 Å². The Kier molecular flexibility index (Phi) is 5.79. The molecule has 1 unspecified atom stereocenters. The highest BCUT2D eigenvalue weighted by Gasteiger charge is 2.50. The third kappa shape index (κ3) is 4.15. The van der Waals surface area contributed by atoms with Crippen molar-refractivity contribution in [3.05, 3.63) is 65.0 Å². The van der Waals surface area contributed by atoms with E-state index in [-0.39, 0.29) is 23.9 Å². The van der Waals surface area contributed by atoms with E-state index in [9.17, 15) is 18.0 Å². The second kappa shape index (κ2) is 8.65. The Hall–Kier alpha value is -3.01. The first kappa shape index (κ1) is 22.8. The Balaban J connectivity index is 1.40. The SMILES string of the molecule is C[C@@H]1C2CC(C2)N(C(=O)c2cc(Cl)ccc2-n2nccn2)C1CCc1cnc(C(F)(F)F)cn1. The molecule has 3 fully saturated rings. The minimum absolute atomic E-state index is 0.0773. The van der Waals surface area contributed by atoms with Crippen LogP contribution in [-0.2, 0) is 12.6 Å². The molecule has 2 atom stereocenters. The van der Waals surface area contributed by atoms with E-state index >= 15 is 0 Å². The van der Waals surface area contributed by atoms with Crippen LogP contribution in [0.25, 0.3) is 5.69 Å². The van der Waals surface area contributed by atoms with Crippen LogP contribution >= 0.6 is 11.6 Å². The largest absolute Gasteiger partial charge is 0.434 e. The van der Waals surface area contributed by atoms with Crippen LogP contribution < -0.4 is 0 Å². The summed E-state index contributed by atoms with van der Waals surface area (Å²) < 4.78 is 38.4. The zero-order valence-electron chi connectivity index (χ0n) is 18.3. The first-order valence-corrected chi connectivity index (χ1v) is 11.5. The second-order valence-corrected chi connectivity index (χ2v) is 9.37. The molecule has 7 nitrogen and oxygen atoms in total. The van der Waals surface area contributed by atoms with Gasteiger partial charge >= 0.3 is 6.18 Å². The van der Waals surface area contributed by atoms with Crippen molar-refractivity contribution in [1.82, 2.24) is 29.9 Å². The normalized spacial score (nSPS) is 24.1. The van der Waals surface area contributed by atoms with Gasteiger partial charge in [-0.3, -0.25) is 9.78 Å². The van der Waals surface area contributed by atoms with E-state index in [1.54, 1.807) is 18.2 Å². The van der Waals surface area contributed by atoms with Crippen LogP contribution in [0.15, 0.2) is 43.0 Å². The topological polar surface area (TPSA) is 76.8 Å². The lowest BCUT2D eigenvalue weighted by atomic mass is 9.64. The Morgan fingerprint density at radius 1 is 1.15 bits per heavy atom. The van der Waals surface area contributed by atoms with Crippen LogP contribution in [0.4, 0.5) is 13.2 Å². The molecule has 0 N–H and O–H groups in total. The maximum Gasteiger partial charge on any atom is 0.434 e. The number of hydrogen-bond donors (Lipinski definition) is 0. The number of aryl methyl sites for hydroxylation is 1. The summed E-state index contributed by atoms with van der Waals surface area (Å²) in [4.78, 5) is 24.7. The minimum Gasteiger partial charge on any atom is -0.332 e. The molecule has 3 aromatic rings. The number of halogens is 4. The monoisotopic (exact) mass is 490 g/mol. The van der Waals surface area contributed by atoms with Gasteiger partial charge in [0.05, 0.1) is 35.5 Å². The van der Waals surface area contributed by atoms with Gasteiger partial charge in [0, 0.05) is 23.3 Å². The molecule has 1 aliphatic carbocycles. The van der Waals surface area contributed by atoms with Crippen LogP contribution in [0.1, 0.15) is 47.9 Å². The van der Waals surface area contributed by atoms with Crippen molar-refractivity contribution in [2.45, 2.75) is 50.9 Å². The predicted molar refractivity (Wildman–Crippen MR) is 117 cm³/mol. The molecule has 11 heteroatoms. The number of carbonyl (C=O) groups excluding carboxylic acids is 1. The van der Waals surface area contributed by atoms with Crippen molar-refractivity contribution < 1.29 is 18.0 Å². The van der Waals surface area contributed by atoms with Crippen molar-refractivity contribution in [3.63, 3.8) is 0 Å². The van der Waals surface area contributed by atoms with Crippen LogP contribution in [0.5, 0.6) is 0 Å². The molecule has 34 heavy (non-hydrogen) atoms. The number of nitrogens with zero attached hydrogens (tertiary/aromatic N) is 6. The fourth-order valence-electron chi connectivity index (χ4n) is 5.10. The summed E-state index contributed by atoms with van der Waals surface area (Å²) in [5, 5.41) is 8.77. The summed E-state index contributed by atoms with van der Waals surface area (Å²) in [5.41, 5.74) is 0.415. The highest BCUT2D eigenvalue weighted by Crippen LogP contribution is 2.48. The molecule has 0 radical (unpaired) electrons. The number of hydrogen-bond acceptors (Lipinski definition) is 5. The number of fused-ring (bicyclic) bond motifs is 2. The van der Waals surface area contributed by atoms with Crippen LogP contribution in [0.3, 0.4) is 0 Å². The summed E-state index contributed by atoms with van der Waals surface area (Å²) in [6.07, 6.45) is 3.37. The number of rotatable bonds is 5. The fraction of sp³-hybridized carbons (Fsp3) is 0.435. The maximum absolute atomic E-state index is 13.9. The summed E-state index contributed by atoms with van der Waals surface area (Å²) in [6, 6.07) is 5.09. The maximum atomic E-state index is 13.9. The third-order valence-electron chi connectivity index (χ3n) is 7.00. The summed E-state index contributed by atoms with van der Waals surface area (Å²) in [7, 11) is 0. The zero-order chi connectivity index (χ0) is 24.0. The standard InChI is InChI=1S/C23H22ClF3N6O/c1-13-14-8-17(9-14)32(19(13)5-3-16-11-29-21(12-28-16)23(25,26)27)22(34)18-10-15(24)2-4-20(18)33-30-6-7-31-33/h2,4,6-7,10-14,17,19H,3,5,8-9H2,1H3/t13-,14?,17?,19?/m1/s1. The Labute approximate surface area is 199 Å². The third-order valence-corrected chi connectivity index (χ3v) is 7.24. The van der Waals surface area contributed by atoms with E-state index in [0.717, 1.165) is 19.0 Å². The summed E-state index contributed by atoms with van der Waals surface area (Å²) in [5.74, 6) is 0.638. The van der Waals surface area contributed by atoms with Crippen molar-refractivity contribution in [2.24, 2.45) is 11.8 Å². The smallest absolute Gasteiger partial charge is 0.332 e. The van der Waals surface area contributed by atoms with Gasteiger partial charge in [-0.1, -0.05) is 18.5 Å². The van der Waals surface area contributed by atoms with Gasteiger partial charge in [-0.15, -0.1) is 0 Å². The molecular formula is C23H22ClF3N6O. The quantitative estimate of drug-likeness (QED) is 0.522. The lowest BCUT2D eigenvalue weighted by molar-refractivity contribution is -0.141. The van der Waals surface area contributed by atoms with Gasteiger partial charge in [-0.2, -0.15) is 28.2 Å². The van der Waals surface area contributed by atoms with Gasteiger partial charge in [-0.25, -0.2) is 4.98 Å². The van der Waals surface area contributed by atoms with Crippen molar-refractivity contribution >= 4 is 17.5 Å². The lowest BCUT2D eigenvalue weighted by Crippen LogP contribution is -2.63. The highest BCUT2D eigenvalue weighted by atomic mass is 35.5. The molecule has 0 spiro atoms. The van der Waals surface area contributed by atoms with E-state index in [4.69, 9.17) is 11.6 Å². The number of amides is 1. The minimum atomic E-state index is -4.52. The average Bonchev–Trinajstić information content (AvgIpc) is 3.31. The van der Waals surface area contributed by atoms with Gasteiger partial charge in [-0.05, 0) is 55.7 Å². The molecule has 1 saturated carbocycles. The number of carbonyl (C=O) groups is 1. The number of benzene rings is 1. The molecule has 1 amide bonds. The summed E-state index contributed by atoms with van der Waals surface area (Å²) >= 11 is 6.24. The lowest BCUT2D eigenvalue weighted by Gasteiger charge is -2.57. The Morgan fingerprint density at radius 2 is 1.88 bits per heavy atom. The van der Waals surface area contributed by atoms with Crippen LogP contribution in [0, 0.1) is 11.8 Å². The van der Waals surface area contributed by atoms with Gasteiger partial charge < -0.3 is 4.90 Å². The molecule has 2 bridgehead atoms. The highest BCUT2D eigenvalue weighted by molar-refractivity contribution is 6.31. The Morgan fingerprint density at radius 3 is 2.53 bits per heavy atom. The van der Waals surface area contributed by atoms with Crippen molar-refractivity contribution in [1.29, 1.82) is 0 Å². The number of alkyl halides is 3. The van der Waals surface area contributed by atoms with Gasteiger partial charge in [0.15, 0.2) is 5.69 Å². The first-order valence-electron chi connectivity index (χ1n) is 11.1. The van der Waals surface area contributed by atoms with Crippen molar-refractivity contribution in [3.8, 4) is 5.69 Å². The predicted octanol–water partition coefficient (Wildman–Crippen LogP) is 4.60. The van der Waals surface area contributed by atoms with Crippen molar-refractivity contribution in [2.75, 3.05) is 0 Å². The van der Waals surface area contributed by atoms with E-state index in [1.165, 1.54) is 23.4 Å². The van der Waals surface area contributed by atoms with Gasteiger partial charge in [0.1, 0.15) is 0 Å². The molecule has 3 aliphatic rings. The van der Waals surface area contributed by atoms with Gasteiger partial charge in [0.2, 0.25) is 0 Å². The molecular weight excluding hydrogens is 469 g/mol. The average molecular weight is 491 g/mol. The van der Waals surface area contributed by atoms with Crippen LogP contribution in [0.2, 0.25) is 5.02 Å². The van der Waals surface area contributed by atoms with Crippen LogP contribution in [-0.4, -0.2) is 47.9 Å². The molecule has 6 rings (SSSR count). The Bertz CT molecular complexity index is 1180. The second-order valence-electron chi connectivity index (χ2n) is 8.93. The summed E-state index contributed by atoms with van der Waals surface area (Å²) in [6.45, 7) is 2.14. The fourth-order valence-corrected chi connectivity index (χ4v) is 5.27. The zero-order valence-corrected chi connectivity index (χ0v) is 19.0. The molecule has 1 aromatic carbocycles. The van der Waals surface area contributed by atoms with E-state index in [0.29, 0.717) is 40.7 Å². The molecule has 178 valence electrons. The van der Waals surface area contributed by atoms with E-state index in [2.05, 4.69) is 27.1 Å².